The molecule has 21 heavy (non-hydrogen) atoms. The van der Waals surface area contributed by atoms with Crippen LogP contribution in [-0.2, 0) is 6.54 Å². The van der Waals surface area contributed by atoms with E-state index in [-0.39, 0.29) is 0 Å². The summed E-state index contributed by atoms with van der Waals surface area (Å²) in [5.41, 5.74) is 7.13. The molecule has 1 aromatic rings. The van der Waals surface area contributed by atoms with Crippen molar-refractivity contribution in [1.29, 1.82) is 0 Å². The average Bonchev–Trinajstić information content (AvgIpc) is 2.49. The topological polar surface area (TPSA) is 56.5 Å². The van der Waals surface area contributed by atoms with E-state index in [0.29, 0.717) is 18.7 Å². The lowest BCUT2D eigenvalue weighted by atomic mass is 9.92. The van der Waals surface area contributed by atoms with Gasteiger partial charge in [0.1, 0.15) is 0 Å². The Hall–Kier alpha value is -0.780. The molecular weight excluding hydrogens is 332 g/mol. The maximum Gasteiger partial charge on any atom is 0.175 e. The summed E-state index contributed by atoms with van der Waals surface area (Å²) >= 11 is 3.56. The van der Waals surface area contributed by atoms with E-state index in [4.69, 9.17) is 15.2 Å². The summed E-state index contributed by atoms with van der Waals surface area (Å²) in [6, 6.07) is 5.09. The van der Waals surface area contributed by atoms with Crippen LogP contribution in [0.15, 0.2) is 16.6 Å². The molecule has 0 saturated heterocycles. The summed E-state index contributed by atoms with van der Waals surface area (Å²) in [5.74, 6) is 1.54. The van der Waals surface area contributed by atoms with E-state index >= 15 is 0 Å². The van der Waals surface area contributed by atoms with Gasteiger partial charge in [-0.25, -0.2) is 0 Å². The fraction of sp³-hybridized carbons (Fsp3) is 0.625. The fourth-order valence-electron chi connectivity index (χ4n) is 2.75. The lowest BCUT2D eigenvalue weighted by Crippen LogP contribution is -2.37. The van der Waals surface area contributed by atoms with Crippen molar-refractivity contribution in [2.45, 2.75) is 51.2 Å². The van der Waals surface area contributed by atoms with Crippen LogP contribution < -0.4 is 20.5 Å². The molecule has 0 atom stereocenters. The first-order valence-corrected chi connectivity index (χ1v) is 8.41. The molecule has 2 rings (SSSR count). The predicted molar refractivity (Wildman–Crippen MR) is 88.9 cm³/mol. The molecule has 0 spiro atoms. The van der Waals surface area contributed by atoms with E-state index in [9.17, 15) is 0 Å². The first-order valence-electron chi connectivity index (χ1n) is 7.62. The minimum absolute atomic E-state index is 0.391. The summed E-state index contributed by atoms with van der Waals surface area (Å²) < 4.78 is 12.0. The molecule has 1 aromatic carbocycles. The van der Waals surface area contributed by atoms with Crippen LogP contribution in [0, 0.1) is 0 Å². The highest BCUT2D eigenvalue weighted by Gasteiger charge is 2.18. The van der Waals surface area contributed by atoms with E-state index < -0.39 is 0 Å². The molecule has 0 heterocycles. The summed E-state index contributed by atoms with van der Waals surface area (Å²) in [7, 11) is 1.67. The van der Waals surface area contributed by atoms with Gasteiger partial charge in [-0.05, 0) is 66.2 Å². The van der Waals surface area contributed by atoms with Crippen molar-refractivity contribution in [2.75, 3.05) is 13.7 Å². The number of rotatable bonds is 6. The van der Waals surface area contributed by atoms with E-state index in [1.165, 1.54) is 5.56 Å². The van der Waals surface area contributed by atoms with Crippen molar-refractivity contribution in [3.05, 3.63) is 22.2 Å². The van der Waals surface area contributed by atoms with Gasteiger partial charge in [-0.3, -0.25) is 0 Å². The van der Waals surface area contributed by atoms with Gasteiger partial charge in [-0.15, -0.1) is 0 Å². The molecule has 1 aliphatic carbocycles. The second kappa shape index (κ2) is 8.01. The molecular formula is C16H25BrN2O2. The van der Waals surface area contributed by atoms with Crippen molar-refractivity contribution in [2.24, 2.45) is 5.73 Å². The molecule has 0 aromatic heterocycles. The van der Waals surface area contributed by atoms with Gasteiger partial charge in [0.25, 0.3) is 0 Å². The largest absolute Gasteiger partial charge is 0.493 e. The molecule has 4 nitrogen and oxygen atoms in total. The zero-order chi connectivity index (χ0) is 15.2. The standard InChI is InChI=1S/C16H25BrN2O2/c1-3-21-16-14(17)8-11(9-15(16)20-2)10-19-13-6-4-12(18)5-7-13/h8-9,12-13,19H,3-7,10,18H2,1-2H3. The molecule has 0 bridgehead atoms. The summed E-state index contributed by atoms with van der Waals surface area (Å²) in [6.07, 6.45) is 4.56. The molecule has 0 amide bonds. The number of methoxy groups -OCH3 is 1. The van der Waals surface area contributed by atoms with Crippen LogP contribution >= 0.6 is 15.9 Å². The van der Waals surface area contributed by atoms with Gasteiger partial charge in [-0.2, -0.15) is 0 Å². The Morgan fingerprint density at radius 3 is 2.62 bits per heavy atom. The zero-order valence-corrected chi connectivity index (χ0v) is 14.4. The van der Waals surface area contributed by atoms with E-state index in [0.717, 1.165) is 48.2 Å². The third-order valence-corrected chi connectivity index (χ3v) is 4.53. The number of hydrogen-bond acceptors (Lipinski definition) is 4. The Labute approximate surface area is 135 Å². The molecule has 0 aliphatic heterocycles. The lowest BCUT2D eigenvalue weighted by Gasteiger charge is -2.27. The fourth-order valence-corrected chi connectivity index (χ4v) is 3.35. The Morgan fingerprint density at radius 2 is 2.00 bits per heavy atom. The van der Waals surface area contributed by atoms with Crippen molar-refractivity contribution >= 4 is 15.9 Å². The smallest absolute Gasteiger partial charge is 0.175 e. The number of benzene rings is 1. The lowest BCUT2D eigenvalue weighted by molar-refractivity contribution is 0.308. The van der Waals surface area contributed by atoms with Crippen LogP contribution in [0.4, 0.5) is 0 Å². The van der Waals surface area contributed by atoms with Gasteiger partial charge in [0.2, 0.25) is 0 Å². The van der Waals surface area contributed by atoms with E-state index in [2.05, 4.69) is 27.3 Å². The molecule has 118 valence electrons. The van der Waals surface area contributed by atoms with E-state index in [1.54, 1.807) is 7.11 Å². The highest BCUT2D eigenvalue weighted by molar-refractivity contribution is 9.10. The SMILES string of the molecule is CCOc1c(Br)cc(CNC2CCC(N)CC2)cc1OC. The van der Waals surface area contributed by atoms with Gasteiger partial charge < -0.3 is 20.5 Å². The minimum Gasteiger partial charge on any atom is -0.493 e. The third-order valence-electron chi connectivity index (χ3n) is 3.94. The quantitative estimate of drug-likeness (QED) is 0.821. The summed E-state index contributed by atoms with van der Waals surface area (Å²) in [6.45, 7) is 3.42. The van der Waals surface area contributed by atoms with Crippen molar-refractivity contribution < 1.29 is 9.47 Å². The molecule has 5 heteroatoms. The van der Waals surface area contributed by atoms with Gasteiger partial charge in [0.05, 0.1) is 18.2 Å². The van der Waals surface area contributed by atoms with Crippen LogP contribution in [0.25, 0.3) is 0 Å². The minimum atomic E-state index is 0.391. The monoisotopic (exact) mass is 356 g/mol. The van der Waals surface area contributed by atoms with Crippen LogP contribution in [0.5, 0.6) is 11.5 Å². The van der Waals surface area contributed by atoms with Crippen LogP contribution in [0.1, 0.15) is 38.2 Å². The molecule has 1 saturated carbocycles. The maximum absolute atomic E-state index is 5.94. The normalized spacial score (nSPS) is 22.1. The number of hydrogen-bond donors (Lipinski definition) is 2. The summed E-state index contributed by atoms with van der Waals surface area (Å²) in [4.78, 5) is 0. The highest BCUT2D eigenvalue weighted by Crippen LogP contribution is 2.36. The Morgan fingerprint density at radius 1 is 1.29 bits per heavy atom. The molecule has 1 aliphatic rings. The van der Waals surface area contributed by atoms with Gasteiger partial charge in [0.15, 0.2) is 11.5 Å². The Kier molecular flexibility index (Phi) is 6.33. The van der Waals surface area contributed by atoms with Crippen molar-refractivity contribution in [3.63, 3.8) is 0 Å². The Bertz CT molecular complexity index is 460. The first-order chi connectivity index (χ1) is 10.1. The average molecular weight is 357 g/mol. The maximum atomic E-state index is 5.94. The second-order valence-corrected chi connectivity index (χ2v) is 6.39. The molecule has 0 radical (unpaired) electrons. The van der Waals surface area contributed by atoms with E-state index in [1.807, 2.05) is 13.0 Å². The van der Waals surface area contributed by atoms with Crippen LogP contribution in [0.3, 0.4) is 0 Å². The zero-order valence-electron chi connectivity index (χ0n) is 12.8. The Balaban J connectivity index is 1.98. The number of ether oxygens (including phenoxy) is 2. The van der Waals surface area contributed by atoms with Crippen LogP contribution in [0.2, 0.25) is 0 Å². The van der Waals surface area contributed by atoms with Gasteiger partial charge in [0, 0.05) is 18.6 Å². The second-order valence-electron chi connectivity index (χ2n) is 5.53. The first kappa shape index (κ1) is 16.6. The number of nitrogens with one attached hydrogen (secondary N) is 1. The van der Waals surface area contributed by atoms with Gasteiger partial charge in [-0.1, -0.05) is 0 Å². The predicted octanol–water partition coefficient (Wildman–Crippen LogP) is 3.22. The molecule has 3 N–H and O–H groups in total. The number of nitrogens with two attached hydrogens (primary N) is 1. The molecule has 0 unspecified atom stereocenters. The number of halogens is 1. The molecule has 1 fully saturated rings. The van der Waals surface area contributed by atoms with Crippen molar-refractivity contribution in [3.8, 4) is 11.5 Å². The van der Waals surface area contributed by atoms with Gasteiger partial charge >= 0.3 is 0 Å². The van der Waals surface area contributed by atoms with Crippen molar-refractivity contribution in [1.82, 2.24) is 5.32 Å². The third kappa shape index (κ3) is 4.59. The highest BCUT2D eigenvalue weighted by atomic mass is 79.9. The van der Waals surface area contributed by atoms with Crippen LogP contribution in [-0.4, -0.2) is 25.8 Å². The summed E-state index contributed by atoms with van der Waals surface area (Å²) in [5, 5.41) is 3.62.